The van der Waals surface area contributed by atoms with Gasteiger partial charge >= 0.3 is 0 Å². The summed E-state index contributed by atoms with van der Waals surface area (Å²) in [5.41, 5.74) is 0. The van der Waals surface area contributed by atoms with Crippen molar-refractivity contribution in [3.8, 4) is 0 Å². The first-order chi connectivity index (χ1) is 8.70. The van der Waals surface area contributed by atoms with E-state index in [0.717, 1.165) is 13.0 Å². The van der Waals surface area contributed by atoms with Crippen molar-refractivity contribution in [2.24, 2.45) is 0 Å². The Hall–Kier alpha value is -0.160. The lowest BCUT2D eigenvalue weighted by Crippen LogP contribution is -2.37. The van der Waals surface area contributed by atoms with Gasteiger partial charge in [0.15, 0.2) is 0 Å². The molecule has 2 unspecified atom stereocenters. The van der Waals surface area contributed by atoms with Gasteiger partial charge in [0.25, 0.3) is 0 Å². The number of hydrogen-bond acceptors (Lipinski definition) is 4. The molecule has 0 rings (SSSR count). The van der Waals surface area contributed by atoms with Crippen molar-refractivity contribution in [2.75, 3.05) is 26.4 Å². The minimum absolute atomic E-state index is 0.0261. The van der Waals surface area contributed by atoms with E-state index in [9.17, 15) is 5.11 Å². The molecule has 0 amide bonds. The average Bonchev–Trinajstić information content (AvgIpc) is 2.39. The molecule has 0 spiro atoms. The Labute approximate surface area is 112 Å². The van der Waals surface area contributed by atoms with Crippen LogP contribution < -0.4 is 5.32 Å². The van der Waals surface area contributed by atoms with Crippen LogP contribution in [0, 0.1) is 0 Å². The van der Waals surface area contributed by atoms with E-state index < -0.39 is 6.10 Å². The Morgan fingerprint density at radius 1 is 1.11 bits per heavy atom. The molecular weight excluding hydrogens is 230 g/mol. The van der Waals surface area contributed by atoms with Gasteiger partial charge < -0.3 is 20.3 Å². The van der Waals surface area contributed by atoms with E-state index in [1.54, 1.807) is 0 Å². The van der Waals surface area contributed by atoms with E-state index in [4.69, 9.17) is 9.84 Å². The standard InChI is InChI=1S/C14H31NO3/c1-3-4-5-6-7-8-9-18-12-14(17)10-15-13(2)11-16/h13-17H,3-12H2,1-2H3. The summed E-state index contributed by atoms with van der Waals surface area (Å²) in [5.74, 6) is 0. The van der Waals surface area contributed by atoms with Crippen LogP contribution in [-0.2, 0) is 4.74 Å². The number of hydrogen-bond donors (Lipinski definition) is 3. The smallest absolute Gasteiger partial charge is 0.0897 e. The Kier molecular flexibility index (Phi) is 13.2. The summed E-state index contributed by atoms with van der Waals surface area (Å²) in [6.45, 7) is 5.77. The molecule has 0 aromatic carbocycles. The topological polar surface area (TPSA) is 61.7 Å². The summed E-state index contributed by atoms with van der Waals surface area (Å²) < 4.78 is 5.42. The van der Waals surface area contributed by atoms with E-state index >= 15 is 0 Å². The molecule has 0 bridgehead atoms. The van der Waals surface area contributed by atoms with Gasteiger partial charge in [-0.25, -0.2) is 0 Å². The summed E-state index contributed by atoms with van der Waals surface area (Å²) in [5, 5.41) is 21.4. The maximum atomic E-state index is 9.60. The van der Waals surface area contributed by atoms with Gasteiger partial charge in [0, 0.05) is 19.2 Å². The largest absolute Gasteiger partial charge is 0.395 e. The van der Waals surface area contributed by atoms with Gasteiger partial charge in [-0.15, -0.1) is 0 Å². The van der Waals surface area contributed by atoms with Gasteiger partial charge in [-0.05, 0) is 13.3 Å². The SMILES string of the molecule is CCCCCCCCOCC(O)CNC(C)CO. The molecule has 18 heavy (non-hydrogen) atoms. The maximum absolute atomic E-state index is 9.60. The number of unbranched alkanes of at least 4 members (excludes halogenated alkanes) is 5. The molecular formula is C14H31NO3. The summed E-state index contributed by atoms with van der Waals surface area (Å²) in [6.07, 6.45) is 7.03. The van der Waals surface area contributed by atoms with E-state index in [0.29, 0.717) is 13.2 Å². The van der Waals surface area contributed by atoms with Crippen LogP contribution in [-0.4, -0.2) is 48.7 Å². The normalized spacial score (nSPS) is 14.7. The second-order valence-electron chi connectivity index (χ2n) is 4.99. The quantitative estimate of drug-likeness (QED) is 0.442. The van der Waals surface area contributed by atoms with E-state index in [-0.39, 0.29) is 12.6 Å². The lowest BCUT2D eigenvalue weighted by Gasteiger charge is -2.15. The predicted octanol–water partition coefficient (Wildman–Crippen LogP) is 1.69. The van der Waals surface area contributed by atoms with E-state index in [1.807, 2.05) is 6.92 Å². The van der Waals surface area contributed by atoms with Crippen LogP contribution in [0.25, 0.3) is 0 Å². The molecule has 0 aromatic rings. The molecule has 0 aliphatic rings. The zero-order chi connectivity index (χ0) is 13.6. The minimum atomic E-state index is -0.487. The highest BCUT2D eigenvalue weighted by molar-refractivity contribution is 4.63. The van der Waals surface area contributed by atoms with Gasteiger partial charge in [0.2, 0.25) is 0 Å². The first-order valence-corrected chi connectivity index (χ1v) is 7.30. The molecule has 0 saturated carbocycles. The number of aliphatic hydroxyl groups excluding tert-OH is 2. The fourth-order valence-corrected chi connectivity index (χ4v) is 1.66. The molecule has 2 atom stereocenters. The maximum Gasteiger partial charge on any atom is 0.0897 e. The number of rotatable bonds is 13. The molecule has 0 radical (unpaired) electrons. The molecule has 4 heteroatoms. The van der Waals surface area contributed by atoms with Crippen molar-refractivity contribution in [2.45, 2.75) is 64.5 Å². The van der Waals surface area contributed by atoms with Crippen LogP contribution in [0.5, 0.6) is 0 Å². The van der Waals surface area contributed by atoms with Crippen LogP contribution >= 0.6 is 0 Å². The summed E-state index contributed by atoms with van der Waals surface area (Å²) in [4.78, 5) is 0. The van der Waals surface area contributed by atoms with Crippen LogP contribution in [0.3, 0.4) is 0 Å². The third-order valence-electron chi connectivity index (χ3n) is 2.93. The third-order valence-corrected chi connectivity index (χ3v) is 2.93. The fourth-order valence-electron chi connectivity index (χ4n) is 1.66. The molecule has 0 heterocycles. The van der Waals surface area contributed by atoms with Gasteiger partial charge in [-0.3, -0.25) is 0 Å². The highest BCUT2D eigenvalue weighted by Gasteiger charge is 2.06. The van der Waals surface area contributed by atoms with Gasteiger partial charge in [-0.2, -0.15) is 0 Å². The van der Waals surface area contributed by atoms with Crippen molar-refractivity contribution in [1.29, 1.82) is 0 Å². The Bertz CT molecular complexity index is 167. The molecule has 0 saturated heterocycles. The predicted molar refractivity (Wildman–Crippen MR) is 74.8 cm³/mol. The van der Waals surface area contributed by atoms with Crippen molar-refractivity contribution in [3.63, 3.8) is 0 Å². The highest BCUT2D eigenvalue weighted by atomic mass is 16.5. The van der Waals surface area contributed by atoms with Crippen molar-refractivity contribution < 1.29 is 14.9 Å². The second-order valence-corrected chi connectivity index (χ2v) is 4.99. The van der Waals surface area contributed by atoms with Crippen LogP contribution in [0.1, 0.15) is 52.4 Å². The lowest BCUT2D eigenvalue weighted by molar-refractivity contribution is 0.0334. The van der Waals surface area contributed by atoms with Crippen LogP contribution in [0.2, 0.25) is 0 Å². The number of ether oxygens (including phenoxy) is 1. The Balaban J connectivity index is 3.17. The molecule has 110 valence electrons. The second kappa shape index (κ2) is 13.3. The van der Waals surface area contributed by atoms with Crippen LogP contribution in [0.15, 0.2) is 0 Å². The monoisotopic (exact) mass is 261 g/mol. The number of aliphatic hydroxyl groups is 2. The first-order valence-electron chi connectivity index (χ1n) is 7.30. The van der Waals surface area contributed by atoms with E-state index in [1.165, 1.54) is 32.1 Å². The summed E-state index contributed by atoms with van der Waals surface area (Å²) in [7, 11) is 0. The van der Waals surface area contributed by atoms with Crippen molar-refractivity contribution >= 4 is 0 Å². The summed E-state index contributed by atoms with van der Waals surface area (Å²) in [6, 6.07) is 0.0261. The lowest BCUT2D eigenvalue weighted by atomic mass is 10.1. The zero-order valence-electron chi connectivity index (χ0n) is 12.0. The van der Waals surface area contributed by atoms with E-state index in [2.05, 4.69) is 12.2 Å². The first kappa shape index (κ1) is 17.8. The molecule has 0 fully saturated rings. The molecule has 0 aliphatic carbocycles. The Morgan fingerprint density at radius 3 is 2.44 bits per heavy atom. The van der Waals surface area contributed by atoms with Gasteiger partial charge in [0.05, 0.1) is 19.3 Å². The van der Waals surface area contributed by atoms with Crippen LogP contribution in [0.4, 0.5) is 0 Å². The average molecular weight is 261 g/mol. The highest BCUT2D eigenvalue weighted by Crippen LogP contribution is 2.04. The third kappa shape index (κ3) is 12.3. The fraction of sp³-hybridized carbons (Fsp3) is 1.00. The molecule has 0 aromatic heterocycles. The minimum Gasteiger partial charge on any atom is -0.395 e. The van der Waals surface area contributed by atoms with Gasteiger partial charge in [0.1, 0.15) is 0 Å². The van der Waals surface area contributed by atoms with Crippen molar-refractivity contribution in [1.82, 2.24) is 5.32 Å². The molecule has 4 nitrogen and oxygen atoms in total. The molecule has 3 N–H and O–H groups in total. The molecule has 0 aliphatic heterocycles. The summed E-state index contributed by atoms with van der Waals surface area (Å²) >= 11 is 0. The Morgan fingerprint density at radius 2 is 1.78 bits per heavy atom. The van der Waals surface area contributed by atoms with Gasteiger partial charge in [-0.1, -0.05) is 39.0 Å². The number of nitrogens with one attached hydrogen (secondary N) is 1. The zero-order valence-corrected chi connectivity index (χ0v) is 12.0. The van der Waals surface area contributed by atoms with Crippen molar-refractivity contribution in [3.05, 3.63) is 0 Å².